The number of aryl methyl sites for hydroxylation is 1. The molecule has 3 rings (SSSR count). The van der Waals surface area contributed by atoms with Crippen LogP contribution in [0.1, 0.15) is 15.9 Å². The fourth-order valence-corrected chi connectivity index (χ4v) is 2.15. The molecular weight excluding hydrogens is 278 g/mol. The van der Waals surface area contributed by atoms with Gasteiger partial charge in [0.2, 0.25) is 0 Å². The van der Waals surface area contributed by atoms with E-state index in [-0.39, 0.29) is 11.3 Å². The first-order valence-electron chi connectivity index (χ1n) is 6.14. The summed E-state index contributed by atoms with van der Waals surface area (Å²) in [6, 6.07) is 5.20. The van der Waals surface area contributed by atoms with E-state index in [0.717, 1.165) is 17.7 Å². The van der Waals surface area contributed by atoms with Crippen LogP contribution in [0.25, 0.3) is 16.9 Å². The number of imidazole rings is 1. The highest BCUT2D eigenvalue weighted by atomic mass is 19.1. The van der Waals surface area contributed by atoms with Gasteiger partial charge < -0.3 is 9.51 Å². The predicted octanol–water partition coefficient (Wildman–Crippen LogP) is 3.29. The molecule has 3 aromatic rings. The summed E-state index contributed by atoms with van der Waals surface area (Å²) in [5.74, 6) is -3.29. The van der Waals surface area contributed by atoms with Crippen LogP contribution >= 0.6 is 0 Å². The standard InChI is InChI=1S/C15H10F2N2O2/c1-8-2-3-19-7-12(18-13(19)4-8)14-10(16)5-9(15(20)21)6-11(14)17/h2-7H,1H3,(H,20,21). The van der Waals surface area contributed by atoms with E-state index in [1.54, 1.807) is 16.7 Å². The number of halogens is 2. The Kier molecular flexibility index (Phi) is 2.94. The summed E-state index contributed by atoms with van der Waals surface area (Å²) in [6.07, 6.45) is 3.24. The van der Waals surface area contributed by atoms with Gasteiger partial charge >= 0.3 is 5.97 Å². The first-order valence-corrected chi connectivity index (χ1v) is 6.14. The summed E-state index contributed by atoms with van der Waals surface area (Å²) in [6.45, 7) is 1.89. The van der Waals surface area contributed by atoms with Crippen molar-refractivity contribution in [2.45, 2.75) is 6.92 Å². The third kappa shape index (κ3) is 2.24. The number of benzene rings is 1. The average Bonchev–Trinajstić information content (AvgIpc) is 2.80. The molecule has 2 aromatic heterocycles. The van der Waals surface area contributed by atoms with E-state index >= 15 is 0 Å². The van der Waals surface area contributed by atoms with Crippen molar-refractivity contribution in [3.05, 3.63) is 59.4 Å². The monoisotopic (exact) mass is 288 g/mol. The van der Waals surface area contributed by atoms with Crippen molar-refractivity contribution in [1.82, 2.24) is 9.38 Å². The van der Waals surface area contributed by atoms with E-state index in [4.69, 9.17) is 5.11 Å². The lowest BCUT2D eigenvalue weighted by Gasteiger charge is -2.03. The largest absolute Gasteiger partial charge is 0.478 e. The molecule has 0 atom stereocenters. The molecule has 4 nitrogen and oxygen atoms in total. The zero-order valence-electron chi connectivity index (χ0n) is 11.0. The smallest absolute Gasteiger partial charge is 0.335 e. The SMILES string of the molecule is Cc1ccn2cc(-c3c(F)cc(C(=O)O)cc3F)nc2c1. The second kappa shape index (κ2) is 4.66. The second-order valence-corrected chi connectivity index (χ2v) is 4.72. The minimum absolute atomic E-state index is 0.118. The van der Waals surface area contributed by atoms with Crippen molar-refractivity contribution >= 4 is 11.6 Å². The minimum Gasteiger partial charge on any atom is -0.478 e. The molecule has 1 N–H and O–H groups in total. The summed E-state index contributed by atoms with van der Waals surface area (Å²) >= 11 is 0. The third-order valence-electron chi connectivity index (χ3n) is 3.16. The average molecular weight is 288 g/mol. The van der Waals surface area contributed by atoms with E-state index in [2.05, 4.69) is 4.98 Å². The van der Waals surface area contributed by atoms with Crippen LogP contribution in [0, 0.1) is 18.6 Å². The number of hydrogen-bond donors (Lipinski definition) is 1. The van der Waals surface area contributed by atoms with E-state index in [0.29, 0.717) is 5.65 Å². The summed E-state index contributed by atoms with van der Waals surface area (Å²) in [4.78, 5) is 15.0. The quantitative estimate of drug-likeness (QED) is 0.787. The van der Waals surface area contributed by atoms with Crippen LogP contribution < -0.4 is 0 Å². The van der Waals surface area contributed by atoms with Crippen LogP contribution in [0.3, 0.4) is 0 Å². The second-order valence-electron chi connectivity index (χ2n) is 4.72. The van der Waals surface area contributed by atoms with E-state index in [1.807, 2.05) is 13.0 Å². The molecule has 0 aliphatic rings. The van der Waals surface area contributed by atoms with Crippen LogP contribution in [0.15, 0.2) is 36.7 Å². The van der Waals surface area contributed by atoms with Crippen LogP contribution in [-0.2, 0) is 0 Å². The molecule has 0 amide bonds. The van der Waals surface area contributed by atoms with E-state index in [9.17, 15) is 13.6 Å². The van der Waals surface area contributed by atoms with Crippen molar-refractivity contribution in [3.8, 4) is 11.3 Å². The van der Waals surface area contributed by atoms with E-state index < -0.39 is 23.2 Å². The molecule has 106 valence electrons. The van der Waals surface area contributed by atoms with Crippen molar-refractivity contribution in [2.24, 2.45) is 0 Å². The highest BCUT2D eigenvalue weighted by molar-refractivity contribution is 5.88. The Hall–Kier alpha value is -2.76. The molecule has 0 spiro atoms. The molecule has 21 heavy (non-hydrogen) atoms. The Morgan fingerprint density at radius 1 is 1.24 bits per heavy atom. The Balaban J connectivity index is 2.20. The van der Waals surface area contributed by atoms with Crippen LogP contribution in [0.2, 0.25) is 0 Å². The number of hydrogen-bond acceptors (Lipinski definition) is 2. The van der Waals surface area contributed by atoms with Gasteiger partial charge in [-0.3, -0.25) is 0 Å². The molecule has 0 fully saturated rings. The summed E-state index contributed by atoms with van der Waals surface area (Å²) in [5, 5.41) is 8.79. The zero-order valence-corrected chi connectivity index (χ0v) is 11.0. The van der Waals surface area contributed by atoms with E-state index in [1.165, 1.54) is 6.20 Å². The van der Waals surface area contributed by atoms with Gasteiger partial charge in [-0.25, -0.2) is 18.6 Å². The number of carboxylic acid groups (broad SMARTS) is 1. The van der Waals surface area contributed by atoms with Crippen LogP contribution in [-0.4, -0.2) is 20.5 Å². The molecule has 2 heterocycles. The maximum atomic E-state index is 14.0. The maximum absolute atomic E-state index is 14.0. The predicted molar refractivity (Wildman–Crippen MR) is 72.2 cm³/mol. The lowest BCUT2D eigenvalue weighted by molar-refractivity contribution is 0.0696. The molecule has 0 radical (unpaired) electrons. The Bertz CT molecular complexity index is 848. The molecule has 0 unspecified atom stereocenters. The molecular formula is C15H10F2N2O2. The molecule has 0 aliphatic carbocycles. The number of carboxylic acids is 1. The topological polar surface area (TPSA) is 54.6 Å². The first kappa shape index (κ1) is 13.2. The van der Waals surface area contributed by atoms with Crippen molar-refractivity contribution < 1.29 is 18.7 Å². The maximum Gasteiger partial charge on any atom is 0.335 e. The molecule has 0 saturated carbocycles. The van der Waals surface area contributed by atoms with Crippen molar-refractivity contribution in [1.29, 1.82) is 0 Å². The van der Waals surface area contributed by atoms with Gasteiger partial charge in [0.1, 0.15) is 17.3 Å². The number of pyridine rings is 1. The molecule has 0 saturated heterocycles. The van der Waals surface area contributed by atoms with Gasteiger partial charge in [-0.05, 0) is 36.8 Å². The van der Waals surface area contributed by atoms with Gasteiger partial charge in [0.25, 0.3) is 0 Å². The Labute approximate surface area is 118 Å². The Morgan fingerprint density at radius 2 is 1.90 bits per heavy atom. The number of rotatable bonds is 2. The highest BCUT2D eigenvalue weighted by Gasteiger charge is 2.18. The zero-order chi connectivity index (χ0) is 15.1. The van der Waals surface area contributed by atoms with Gasteiger partial charge in [-0.1, -0.05) is 0 Å². The minimum atomic E-state index is -1.38. The third-order valence-corrected chi connectivity index (χ3v) is 3.16. The highest BCUT2D eigenvalue weighted by Crippen LogP contribution is 2.27. The fraction of sp³-hybridized carbons (Fsp3) is 0.0667. The summed E-state index contributed by atoms with van der Waals surface area (Å²) in [5.41, 5.74) is 0.884. The van der Waals surface area contributed by atoms with Gasteiger partial charge in [0, 0.05) is 12.4 Å². The normalized spacial score (nSPS) is 11.0. The molecule has 0 aliphatic heterocycles. The number of aromatic nitrogens is 2. The first-order chi connectivity index (χ1) is 9.95. The van der Waals surface area contributed by atoms with Crippen molar-refractivity contribution in [2.75, 3.05) is 0 Å². The summed E-state index contributed by atoms with van der Waals surface area (Å²) < 4.78 is 29.7. The van der Waals surface area contributed by atoms with Gasteiger partial charge in [-0.15, -0.1) is 0 Å². The van der Waals surface area contributed by atoms with Gasteiger partial charge in [-0.2, -0.15) is 0 Å². The number of carbonyl (C=O) groups is 1. The molecule has 0 bridgehead atoms. The van der Waals surface area contributed by atoms with Crippen LogP contribution in [0.4, 0.5) is 8.78 Å². The number of aromatic carboxylic acids is 1. The molecule has 6 heteroatoms. The number of fused-ring (bicyclic) bond motifs is 1. The fourth-order valence-electron chi connectivity index (χ4n) is 2.15. The van der Waals surface area contributed by atoms with Crippen molar-refractivity contribution in [3.63, 3.8) is 0 Å². The number of nitrogens with zero attached hydrogens (tertiary/aromatic N) is 2. The molecule has 1 aromatic carbocycles. The van der Waals surface area contributed by atoms with Crippen LogP contribution in [0.5, 0.6) is 0 Å². The van der Waals surface area contributed by atoms with Gasteiger partial charge in [0.05, 0.1) is 16.8 Å². The summed E-state index contributed by atoms with van der Waals surface area (Å²) in [7, 11) is 0. The Morgan fingerprint density at radius 3 is 2.52 bits per heavy atom. The van der Waals surface area contributed by atoms with Gasteiger partial charge in [0.15, 0.2) is 0 Å². The lowest BCUT2D eigenvalue weighted by Crippen LogP contribution is -2.00. The lowest BCUT2D eigenvalue weighted by atomic mass is 10.1.